The molecule has 0 saturated heterocycles. The van der Waals surface area contributed by atoms with Crippen molar-refractivity contribution in [1.82, 2.24) is 0 Å². The lowest BCUT2D eigenvalue weighted by Gasteiger charge is -2.31. The molecule has 0 aliphatic heterocycles. The summed E-state index contributed by atoms with van der Waals surface area (Å²) in [6.45, 7) is 7.99. The van der Waals surface area contributed by atoms with Gasteiger partial charge in [-0.05, 0) is 37.3 Å². The van der Waals surface area contributed by atoms with E-state index in [1.165, 1.54) is 0 Å². The standard InChI is InChI=1S/C19H23NO3/c1-11-7-5-6-8-13(11)20-18(22)17-12(2)16-14(21)9-19(3,4)10-15(16)23-17/h5-8,14,21H,9-10H2,1-4H3,(H,20,22). The number of furan rings is 1. The minimum absolute atomic E-state index is 0.0273. The third-order valence-corrected chi connectivity index (χ3v) is 4.59. The first-order chi connectivity index (χ1) is 10.8. The number of aliphatic hydroxyl groups is 1. The number of aryl methyl sites for hydroxylation is 1. The van der Waals surface area contributed by atoms with Crippen molar-refractivity contribution < 1.29 is 14.3 Å². The zero-order chi connectivity index (χ0) is 16.8. The fourth-order valence-corrected chi connectivity index (χ4v) is 3.39. The quantitative estimate of drug-likeness (QED) is 0.875. The Kier molecular flexibility index (Phi) is 3.80. The smallest absolute Gasteiger partial charge is 0.291 e. The molecule has 122 valence electrons. The van der Waals surface area contributed by atoms with Gasteiger partial charge in [-0.25, -0.2) is 0 Å². The van der Waals surface area contributed by atoms with Gasteiger partial charge in [-0.3, -0.25) is 4.79 Å². The van der Waals surface area contributed by atoms with Crippen LogP contribution >= 0.6 is 0 Å². The molecule has 23 heavy (non-hydrogen) atoms. The lowest BCUT2D eigenvalue weighted by atomic mass is 9.75. The molecule has 1 unspecified atom stereocenters. The molecule has 1 amide bonds. The van der Waals surface area contributed by atoms with Crippen LogP contribution in [-0.4, -0.2) is 11.0 Å². The van der Waals surface area contributed by atoms with Gasteiger partial charge in [-0.2, -0.15) is 0 Å². The summed E-state index contributed by atoms with van der Waals surface area (Å²) in [5, 5.41) is 13.3. The maximum absolute atomic E-state index is 12.6. The summed E-state index contributed by atoms with van der Waals surface area (Å²) in [4.78, 5) is 12.6. The Hall–Kier alpha value is -2.07. The number of fused-ring (bicyclic) bond motifs is 1. The van der Waals surface area contributed by atoms with Crippen LogP contribution in [0.2, 0.25) is 0 Å². The van der Waals surface area contributed by atoms with E-state index in [4.69, 9.17) is 4.42 Å². The number of amides is 1. The summed E-state index contributed by atoms with van der Waals surface area (Å²) >= 11 is 0. The Balaban J connectivity index is 1.93. The van der Waals surface area contributed by atoms with Gasteiger partial charge in [0.15, 0.2) is 5.76 Å². The van der Waals surface area contributed by atoms with Crippen LogP contribution in [0.3, 0.4) is 0 Å². The van der Waals surface area contributed by atoms with Gasteiger partial charge in [-0.1, -0.05) is 32.0 Å². The second-order valence-electron chi connectivity index (χ2n) is 7.22. The first-order valence-corrected chi connectivity index (χ1v) is 7.96. The molecular weight excluding hydrogens is 290 g/mol. The number of carbonyl (C=O) groups excluding carboxylic acids is 1. The van der Waals surface area contributed by atoms with Crippen molar-refractivity contribution in [3.63, 3.8) is 0 Å². The van der Waals surface area contributed by atoms with Crippen molar-refractivity contribution in [2.45, 2.75) is 46.6 Å². The van der Waals surface area contributed by atoms with E-state index in [9.17, 15) is 9.90 Å². The molecule has 0 saturated carbocycles. The Morgan fingerprint density at radius 3 is 2.70 bits per heavy atom. The van der Waals surface area contributed by atoms with Crippen molar-refractivity contribution in [3.8, 4) is 0 Å². The molecule has 4 nitrogen and oxygen atoms in total. The Bertz CT molecular complexity index is 758. The molecule has 0 bridgehead atoms. The molecule has 1 aromatic heterocycles. The maximum atomic E-state index is 12.6. The van der Waals surface area contributed by atoms with Gasteiger partial charge in [0.05, 0.1) is 6.10 Å². The van der Waals surface area contributed by atoms with Gasteiger partial charge in [-0.15, -0.1) is 0 Å². The molecule has 1 atom stereocenters. The first kappa shape index (κ1) is 15.8. The molecule has 1 aliphatic rings. The van der Waals surface area contributed by atoms with Gasteiger partial charge in [0.25, 0.3) is 5.91 Å². The summed E-state index contributed by atoms with van der Waals surface area (Å²) in [7, 11) is 0. The van der Waals surface area contributed by atoms with Crippen LogP contribution in [0.4, 0.5) is 5.69 Å². The highest BCUT2D eigenvalue weighted by atomic mass is 16.4. The van der Waals surface area contributed by atoms with Crippen LogP contribution in [-0.2, 0) is 6.42 Å². The Morgan fingerprint density at radius 2 is 2.00 bits per heavy atom. The average molecular weight is 313 g/mol. The highest BCUT2D eigenvalue weighted by molar-refractivity contribution is 6.04. The number of anilines is 1. The van der Waals surface area contributed by atoms with Crippen molar-refractivity contribution in [2.24, 2.45) is 5.41 Å². The molecule has 0 radical (unpaired) electrons. The Labute approximate surface area is 136 Å². The Morgan fingerprint density at radius 1 is 1.30 bits per heavy atom. The van der Waals surface area contributed by atoms with Crippen LogP contribution in [0.25, 0.3) is 0 Å². The van der Waals surface area contributed by atoms with Crippen molar-refractivity contribution in [2.75, 3.05) is 5.32 Å². The minimum Gasteiger partial charge on any atom is -0.455 e. The summed E-state index contributed by atoms with van der Waals surface area (Å²) in [6.07, 6.45) is 0.842. The van der Waals surface area contributed by atoms with E-state index in [1.807, 2.05) is 38.1 Å². The topological polar surface area (TPSA) is 62.5 Å². The number of hydrogen-bond acceptors (Lipinski definition) is 3. The molecule has 2 aromatic rings. The molecule has 0 spiro atoms. The van der Waals surface area contributed by atoms with Crippen LogP contribution in [0.15, 0.2) is 28.7 Å². The van der Waals surface area contributed by atoms with E-state index in [2.05, 4.69) is 19.2 Å². The van der Waals surface area contributed by atoms with Gasteiger partial charge >= 0.3 is 0 Å². The molecule has 1 heterocycles. The number of carbonyl (C=O) groups is 1. The SMILES string of the molecule is Cc1ccccc1NC(=O)c1oc2c(c1C)C(O)CC(C)(C)C2. The van der Waals surface area contributed by atoms with Gasteiger partial charge < -0.3 is 14.8 Å². The van der Waals surface area contributed by atoms with Crippen molar-refractivity contribution in [3.05, 3.63) is 52.5 Å². The average Bonchev–Trinajstić information content (AvgIpc) is 2.77. The first-order valence-electron chi connectivity index (χ1n) is 7.96. The van der Waals surface area contributed by atoms with E-state index in [0.717, 1.165) is 34.6 Å². The fraction of sp³-hybridized carbons (Fsp3) is 0.421. The monoisotopic (exact) mass is 313 g/mol. The largest absolute Gasteiger partial charge is 0.455 e. The second kappa shape index (κ2) is 5.53. The van der Waals surface area contributed by atoms with Crippen LogP contribution in [0.5, 0.6) is 0 Å². The van der Waals surface area contributed by atoms with Crippen molar-refractivity contribution >= 4 is 11.6 Å². The molecule has 1 aliphatic carbocycles. The third kappa shape index (κ3) is 2.91. The summed E-state index contributed by atoms with van der Waals surface area (Å²) in [5.74, 6) is 0.771. The van der Waals surface area contributed by atoms with Gasteiger partial charge in [0.1, 0.15) is 5.76 Å². The zero-order valence-electron chi connectivity index (χ0n) is 14.1. The van der Waals surface area contributed by atoms with E-state index < -0.39 is 6.10 Å². The zero-order valence-corrected chi connectivity index (χ0v) is 14.1. The number of aliphatic hydroxyl groups excluding tert-OH is 1. The third-order valence-electron chi connectivity index (χ3n) is 4.59. The molecule has 4 heteroatoms. The molecule has 0 fully saturated rings. The van der Waals surface area contributed by atoms with Gasteiger partial charge in [0.2, 0.25) is 0 Å². The van der Waals surface area contributed by atoms with E-state index >= 15 is 0 Å². The molecule has 3 rings (SSSR count). The maximum Gasteiger partial charge on any atom is 0.291 e. The highest BCUT2D eigenvalue weighted by Crippen LogP contribution is 2.44. The van der Waals surface area contributed by atoms with Crippen LogP contribution in [0, 0.1) is 19.3 Å². The predicted molar refractivity (Wildman–Crippen MR) is 89.6 cm³/mol. The number of benzene rings is 1. The lowest BCUT2D eigenvalue weighted by Crippen LogP contribution is -2.24. The number of rotatable bonds is 2. The summed E-state index contributed by atoms with van der Waals surface area (Å²) < 4.78 is 5.84. The summed E-state index contributed by atoms with van der Waals surface area (Å²) in [5.41, 5.74) is 3.27. The molecule has 1 aromatic carbocycles. The van der Waals surface area contributed by atoms with E-state index in [-0.39, 0.29) is 11.3 Å². The van der Waals surface area contributed by atoms with E-state index in [1.54, 1.807) is 0 Å². The fourth-order valence-electron chi connectivity index (χ4n) is 3.39. The van der Waals surface area contributed by atoms with E-state index in [0.29, 0.717) is 12.2 Å². The normalized spacial score (nSPS) is 19.3. The summed E-state index contributed by atoms with van der Waals surface area (Å²) in [6, 6.07) is 7.63. The van der Waals surface area contributed by atoms with Crippen LogP contribution in [0.1, 0.15) is 59.4 Å². The number of nitrogens with one attached hydrogen (secondary N) is 1. The predicted octanol–water partition coefficient (Wildman–Crippen LogP) is 4.15. The van der Waals surface area contributed by atoms with Crippen molar-refractivity contribution in [1.29, 1.82) is 0 Å². The van der Waals surface area contributed by atoms with Gasteiger partial charge in [0, 0.05) is 23.2 Å². The number of para-hydroxylation sites is 1. The lowest BCUT2D eigenvalue weighted by molar-refractivity contribution is 0.0910. The molecule has 2 N–H and O–H groups in total. The number of hydrogen-bond donors (Lipinski definition) is 2. The minimum atomic E-state index is -0.572. The van der Waals surface area contributed by atoms with Crippen LogP contribution < -0.4 is 5.32 Å². The molecular formula is C19H23NO3. The second-order valence-corrected chi connectivity index (χ2v) is 7.22. The highest BCUT2D eigenvalue weighted by Gasteiger charge is 2.37.